The smallest absolute Gasteiger partial charge is 0.191 e. The predicted molar refractivity (Wildman–Crippen MR) is 124 cm³/mol. The van der Waals surface area contributed by atoms with E-state index in [2.05, 4.69) is 22.5 Å². The second kappa shape index (κ2) is 12.5. The van der Waals surface area contributed by atoms with E-state index in [4.69, 9.17) is 14.2 Å². The maximum absolute atomic E-state index is 6.06. The topological polar surface area (TPSA) is 64.1 Å². The Balaban J connectivity index is 0.00000280. The van der Waals surface area contributed by atoms with Crippen LogP contribution in [-0.4, -0.2) is 64.7 Å². The number of nitrogens with one attached hydrogen (secondary N) is 2. The summed E-state index contributed by atoms with van der Waals surface area (Å²) in [4.78, 5) is 4.44. The lowest BCUT2D eigenvalue weighted by Crippen LogP contribution is -2.66. The molecule has 2 aliphatic carbocycles. The minimum Gasteiger partial charge on any atom is -0.381 e. The van der Waals surface area contributed by atoms with Gasteiger partial charge in [-0.25, -0.2) is 0 Å². The van der Waals surface area contributed by atoms with Crippen molar-refractivity contribution in [1.29, 1.82) is 0 Å². The van der Waals surface area contributed by atoms with Crippen LogP contribution in [-0.2, 0) is 14.2 Å². The molecule has 0 aromatic carbocycles. The summed E-state index contributed by atoms with van der Waals surface area (Å²) in [6, 6.07) is 0.485. The van der Waals surface area contributed by atoms with Gasteiger partial charge < -0.3 is 24.8 Å². The number of hydrogen-bond donors (Lipinski definition) is 2. The van der Waals surface area contributed by atoms with Crippen molar-refractivity contribution in [2.24, 2.45) is 16.3 Å². The lowest BCUT2D eigenvalue weighted by Gasteiger charge is -2.57. The molecule has 0 aromatic heterocycles. The standard InChI is InChI=1S/C21H39N3O3.HI/c1-3-27-19-14-18(21(19)9-5-4-6-10-21)24-20(22-2)23-11-7-12-25-15-17-8-13-26-16-17;/h17-19H,3-16H2,1-2H3,(H2,22,23,24);1H. The minimum absolute atomic E-state index is 0. The van der Waals surface area contributed by atoms with Gasteiger partial charge in [0.05, 0.1) is 19.3 Å². The van der Waals surface area contributed by atoms with E-state index in [9.17, 15) is 0 Å². The molecule has 1 heterocycles. The van der Waals surface area contributed by atoms with E-state index in [0.717, 1.165) is 64.8 Å². The zero-order chi connectivity index (χ0) is 19.0. The molecule has 1 saturated heterocycles. The largest absolute Gasteiger partial charge is 0.381 e. The van der Waals surface area contributed by atoms with Crippen molar-refractivity contribution in [2.45, 2.75) is 70.4 Å². The third kappa shape index (κ3) is 6.19. The first-order valence-corrected chi connectivity index (χ1v) is 11.0. The maximum Gasteiger partial charge on any atom is 0.191 e. The highest BCUT2D eigenvalue weighted by Gasteiger charge is 2.55. The van der Waals surface area contributed by atoms with Crippen LogP contribution < -0.4 is 10.6 Å². The number of hydrogen-bond acceptors (Lipinski definition) is 4. The Hall–Kier alpha value is -0.120. The summed E-state index contributed by atoms with van der Waals surface area (Å²) in [6.07, 6.45) is 10.2. The molecular weight excluding hydrogens is 469 g/mol. The fraction of sp³-hybridized carbons (Fsp3) is 0.952. The molecule has 0 radical (unpaired) electrons. The van der Waals surface area contributed by atoms with E-state index in [1.54, 1.807) is 0 Å². The van der Waals surface area contributed by atoms with Crippen molar-refractivity contribution in [3.8, 4) is 0 Å². The highest BCUT2D eigenvalue weighted by atomic mass is 127. The van der Waals surface area contributed by atoms with Gasteiger partial charge in [0.2, 0.25) is 0 Å². The Morgan fingerprint density at radius 3 is 2.75 bits per heavy atom. The lowest BCUT2D eigenvalue weighted by molar-refractivity contribution is -0.145. The monoisotopic (exact) mass is 509 g/mol. The van der Waals surface area contributed by atoms with Crippen LogP contribution in [0.2, 0.25) is 0 Å². The summed E-state index contributed by atoms with van der Waals surface area (Å²) in [5.41, 5.74) is 0.318. The molecule has 2 saturated carbocycles. The molecule has 1 spiro atoms. The van der Waals surface area contributed by atoms with E-state index in [0.29, 0.717) is 23.5 Å². The van der Waals surface area contributed by atoms with Crippen LogP contribution in [0.25, 0.3) is 0 Å². The summed E-state index contributed by atoms with van der Waals surface area (Å²) in [5.74, 6) is 1.51. The third-order valence-corrected chi connectivity index (χ3v) is 6.61. The summed E-state index contributed by atoms with van der Waals surface area (Å²) < 4.78 is 17.2. The zero-order valence-electron chi connectivity index (χ0n) is 17.7. The summed E-state index contributed by atoms with van der Waals surface area (Å²) >= 11 is 0. The van der Waals surface area contributed by atoms with Gasteiger partial charge in [0, 0.05) is 50.8 Å². The van der Waals surface area contributed by atoms with Crippen molar-refractivity contribution in [3.63, 3.8) is 0 Å². The fourth-order valence-corrected chi connectivity index (χ4v) is 4.97. The van der Waals surface area contributed by atoms with Crippen LogP contribution in [0.5, 0.6) is 0 Å². The van der Waals surface area contributed by atoms with E-state index in [1.165, 1.54) is 32.1 Å². The van der Waals surface area contributed by atoms with Gasteiger partial charge in [-0.15, -0.1) is 24.0 Å². The second-order valence-corrected chi connectivity index (χ2v) is 8.33. The highest BCUT2D eigenvalue weighted by molar-refractivity contribution is 14.0. The molecule has 164 valence electrons. The molecule has 1 aliphatic heterocycles. The van der Waals surface area contributed by atoms with Gasteiger partial charge in [0.1, 0.15) is 0 Å². The average molecular weight is 509 g/mol. The van der Waals surface area contributed by atoms with Gasteiger partial charge in [0.25, 0.3) is 0 Å². The number of halogens is 1. The predicted octanol–water partition coefficient (Wildman–Crippen LogP) is 3.34. The zero-order valence-corrected chi connectivity index (χ0v) is 20.0. The van der Waals surface area contributed by atoms with E-state index < -0.39 is 0 Å². The van der Waals surface area contributed by atoms with Crippen molar-refractivity contribution in [1.82, 2.24) is 10.6 Å². The Bertz CT molecular complexity index is 466. The Morgan fingerprint density at radius 1 is 1.25 bits per heavy atom. The minimum atomic E-state index is 0. The normalized spacial score (nSPS) is 29.2. The van der Waals surface area contributed by atoms with Crippen LogP contribution in [0.3, 0.4) is 0 Å². The van der Waals surface area contributed by atoms with E-state index in [-0.39, 0.29) is 24.0 Å². The van der Waals surface area contributed by atoms with Gasteiger partial charge in [-0.2, -0.15) is 0 Å². The van der Waals surface area contributed by atoms with Crippen LogP contribution >= 0.6 is 24.0 Å². The molecule has 6 nitrogen and oxygen atoms in total. The molecule has 3 rings (SSSR count). The number of nitrogens with zero attached hydrogens (tertiary/aromatic N) is 1. The molecule has 7 heteroatoms. The Kier molecular flexibility index (Phi) is 10.8. The van der Waals surface area contributed by atoms with Crippen LogP contribution in [0.4, 0.5) is 0 Å². The van der Waals surface area contributed by atoms with E-state index in [1.807, 2.05) is 7.05 Å². The molecule has 3 fully saturated rings. The number of guanidine groups is 1. The van der Waals surface area contributed by atoms with Gasteiger partial charge in [-0.05, 0) is 39.0 Å². The fourth-order valence-electron chi connectivity index (χ4n) is 4.97. The molecule has 0 amide bonds. The average Bonchev–Trinajstić information content (AvgIpc) is 3.22. The summed E-state index contributed by atoms with van der Waals surface area (Å²) in [7, 11) is 1.86. The quantitative estimate of drug-likeness (QED) is 0.216. The lowest BCUT2D eigenvalue weighted by atomic mass is 9.55. The van der Waals surface area contributed by atoms with E-state index >= 15 is 0 Å². The molecule has 0 bridgehead atoms. The van der Waals surface area contributed by atoms with Crippen molar-refractivity contribution >= 4 is 29.9 Å². The Labute approximate surface area is 188 Å². The molecule has 0 aromatic rings. The molecule has 28 heavy (non-hydrogen) atoms. The molecule has 3 aliphatic rings. The van der Waals surface area contributed by atoms with Crippen LogP contribution in [0, 0.1) is 11.3 Å². The van der Waals surface area contributed by atoms with Gasteiger partial charge in [-0.1, -0.05) is 19.3 Å². The van der Waals surface area contributed by atoms with Crippen molar-refractivity contribution in [3.05, 3.63) is 0 Å². The first kappa shape index (κ1) is 24.2. The molecular formula is C21H40IN3O3. The van der Waals surface area contributed by atoms with Crippen LogP contribution in [0.1, 0.15) is 58.3 Å². The molecule has 3 atom stereocenters. The number of ether oxygens (including phenoxy) is 3. The van der Waals surface area contributed by atoms with Gasteiger partial charge in [-0.3, -0.25) is 4.99 Å². The summed E-state index contributed by atoms with van der Waals surface area (Å²) in [5, 5.41) is 7.15. The number of aliphatic imine (C=N–C) groups is 1. The van der Waals surface area contributed by atoms with Gasteiger partial charge >= 0.3 is 0 Å². The second-order valence-electron chi connectivity index (χ2n) is 8.33. The SMILES string of the molecule is CCOC1CC(NC(=NC)NCCCOCC2CCOC2)C12CCCCC2.I. The highest BCUT2D eigenvalue weighted by Crippen LogP contribution is 2.53. The summed E-state index contributed by atoms with van der Waals surface area (Å²) in [6.45, 7) is 7.19. The van der Waals surface area contributed by atoms with Crippen molar-refractivity contribution < 1.29 is 14.2 Å². The Morgan fingerprint density at radius 2 is 2.07 bits per heavy atom. The first-order chi connectivity index (χ1) is 13.3. The molecule has 2 N–H and O–H groups in total. The maximum atomic E-state index is 6.06. The van der Waals surface area contributed by atoms with Crippen molar-refractivity contribution in [2.75, 3.05) is 46.6 Å². The van der Waals surface area contributed by atoms with Crippen LogP contribution in [0.15, 0.2) is 4.99 Å². The first-order valence-electron chi connectivity index (χ1n) is 11.0. The molecule has 3 unspecified atom stereocenters. The van der Waals surface area contributed by atoms with Gasteiger partial charge in [0.15, 0.2) is 5.96 Å². The third-order valence-electron chi connectivity index (χ3n) is 6.61. The number of rotatable bonds is 9.